The maximum atomic E-state index is 12.1. The summed E-state index contributed by atoms with van der Waals surface area (Å²) < 4.78 is 10.3. The van der Waals surface area contributed by atoms with E-state index in [1.807, 2.05) is 13.8 Å². The lowest BCUT2D eigenvalue weighted by Crippen LogP contribution is -2.27. The molecule has 0 aliphatic rings. The SMILES string of the molecule is Cc1onc(-c2ccco2)c1C(=O)NCC(C)C. The molecule has 0 unspecified atom stereocenters. The number of hydrogen-bond donors (Lipinski definition) is 1. The van der Waals surface area contributed by atoms with Crippen LogP contribution in [-0.2, 0) is 0 Å². The number of hydrogen-bond acceptors (Lipinski definition) is 4. The largest absolute Gasteiger partial charge is 0.463 e. The molecule has 5 heteroatoms. The maximum absolute atomic E-state index is 12.1. The van der Waals surface area contributed by atoms with Crippen molar-refractivity contribution >= 4 is 5.91 Å². The van der Waals surface area contributed by atoms with Gasteiger partial charge < -0.3 is 14.3 Å². The molecule has 2 aromatic heterocycles. The molecular formula is C13H16N2O3. The van der Waals surface area contributed by atoms with E-state index >= 15 is 0 Å². The van der Waals surface area contributed by atoms with Gasteiger partial charge in [-0.1, -0.05) is 19.0 Å². The summed E-state index contributed by atoms with van der Waals surface area (Å²) in [5, 5.41) is 6.72. The van der Waals surface area contributed by atoms with Gasteiger partial charge in [-0.2, -0.15) is 0 Å². The maximum Gasteiger partial charge on any atom is 0.257 e. The van der Waals surface area contributed by atoms with E-state index < -0.39 is 0 Å². The summed E-state index contributed by atoms with van der Waals surface area (Å²) >= 11 is 0. The molecule has 18 heavy (non-hydrogen) atoms. The van der Waals surface area contributed by atoms with Crippen LogP contribution in [0, 0.1) is 12.8 Å². The third-order valence-corrected chi connectivity index (χ3v) is 2.52. The number of nitrogens with zero attached hydrogens (tertiary/aromatic N) is 1. The Morgan fingerprint density at radius 3 is 2.89 bits per heavy atom. The molecule has 2 aromatic rings. The average molecular weight is 248 g/mol. The molecule has 0 bridgehead atoms. The molecule has 2 heterocycles. The Morgan fingerprint density at radius 1 is 1.50 bits per heavy atom. The van der Waals surface area contributed by atoms with Gasteiger partial charge in [0, 0.05) is 6.54 Å². The lowest BCUT2D eigenvalue weighted by Gasteiger charge is -2.07. The molecule has 1 N–H and O–H groups in total. The van der Waals surface area contributed by atoms with Gasteiger partial charge in [0.25, 0.3) is 5.91 Å². The second kappa shape index (κ2) is 5.08. The van der Waals surface area contributed by atoms with Crippen molar-refractivity contribution in [2.45, 2.75) is 20.8 Å². The monoisotopic (exact) mass is 248 g/mol. The predicted molar refractivity (Wildman–Crippen MR) is 66.1 cm³/mol. The van der Waals surface area contributed by atoms with E-state index in [0.717, 1.165) is 0 Å². The first-order chi connectivity index (χ1) is 8.59. The van der Waals surface area contributed by atoms with Crippen molar-refractivity contribution in [3.05, 3.63) is 29.7 Å². The van der Waals surface area contributed by atoms with E-state index in [0.29, 0.717) is 35.2 Å². The van der Waals surface area contributed by atoms with E-state index in [2.05, 4.69) is 10.5 Å². The fourth-order valence-electron chi connectivity index (χ4n) is 1.61. The summed E-state index contributed by atoms with van der Waals surface area (Å²) in [6.07, 6.45) is 1.54. The van der Waals surface area contributed by atoms with Crippen molar-refractivity contribution in [2.75, 3.05) is 6.54 Å². The van der Waals surface area contributed by atoms with Gasteiger partial charge in [-0.3, -0.25) is 4.79 Å². The van der Waals surface area contributed by atoms with Gasteiger partial charge in [0.05, 0.1) is 6.26 Å². The topological polar surface area (TPSA) is 68.3 Å². The summed E-state index contributed by atoms with van der Waals surface area (Å²) in [6, 6.07) is 3.49. The number of carbonyl (C=O) groups is 1. The number of rotatable bonds is 4. The Labute approximate surface area is 105 Å². The molecule has 0 spiro atoms. The summed E-state index contributed by atoms with van der Waals surface area (Å²) in [4.78, 5) is 12.1. The zero-order valence-corrected chi connectivity index (χ0v) is 10.7. The molecule has 96 valence electrons. The second-order valence-electron chi connectivity index (χ2n) is 4.54. The standard InChI is InChI=1S/C13H16N2O3/c1-8(2)7-14-13(16)11-9(3)18-15-12(11)10-5-4-6-17-10/h4-6,8H,7H2,1-3H3,(H,14,16). The van der Waals surface area contributed by atoms with Gasteiger partial charge in [-0.15, -0.1) is 0 Å². The zero-order valence-electron chi connectivity index (χ0n) is 10.7. The Hall–Kier alpha value is -2.04. The number of nitrogens with one attached hydrogen (secondary N) is 1. The molecule has 2 rings (SSSR count). The number of amides is 1. The highest BCUT2D eigenvalue weighted by atomic mass is 16.5. The van der Waals surface area contributed by atoms with Crippen LogP contribution in [0.25, 0.3) is 11.5 Å². The fourth-order valence-corrected chi connectivity index (χ4v) is 1.61. The normalized spacial score (nSPS) is 10.9. The Morgan fingerprint density at radius 2 is 2.28 bits per heavy atom. The van der Waals surface area contributed by atoms with Crippen molar-refractivity contribution in [1.82, 2.24) is 10.5 Å². The van der Waals surface area contributed by atoms with Crippen LogP contribution in [0.3, 0.4) is 0 Å². The van der Waals surface area contributed by atoms with E-state index in [1.54, 1.807) is 19.1 Å². The van der Waals surface area contributed by atoms with Crippen LogP contribution in [0.5, 0.6) is 0 Å². The van der Waals surface area contributed by atoms with Crippen LogP contribution in [0.15, 0.2) is 27.3 Å². The third-order valence-electron chi connectivity index (χ3n) is 2.52. The molecular weight excluding hydrogens is 232 g/mol. The minimum absolute atomic E-state index is 0.186. The molecule has 1 amide bonds. The molecule has 0 radical (unpaired) electrons. The molecule has 0 aliphatic carbocycles. The van der Waals surface area contributed by atoms with Crippen molar-refractivity contribution in [3.8, 4) is 11.5 Å². The van der Waals surface area contributed by atoms with E-state index in [4.69, 9.17) is 8.94 Å². The molecule has 0 fully saturated rings. The van der Waals surface area contributed by atoms with Crippen LogP contribution in [0.2, 0.25) is 0 Å². The highest BCUT2D eigenvalue weighted by Gasteiger charge is 2.22. The lowest BCUT2D eigenvalue weighted by atomic mass is 10.1. The molecule has 0 aromatic carbocycles. The number of aryl methyl sites for hydroxylation is 1. The van der Waals surface area contributed by atoms with Crippen molar-refractivity contribution in [1.29, 1.82) is 0 Å². The zero-order chi connectivity index (χ0) is 13.1. The van der Waals surface area contributed by atoms with Crippen molar-refractivity contribution in [3.63, 3.8) is 0 Å². The predicted octanol–water partition coefficient (Wildman–Crippen LogP) is 2.63. The average Bonchev–Trinajstić information content (AvgIpc) is 2.94. The van der Waals surface area contributed by atoms with Gasteiger partial charge in [-0.05, 0) is 25.0 Å². The van der Waals surface area contributed by atoms with Crippen LogP contribution in [0.1, 0.15) is 30.0 Å². The lowest BCUT2D eigenvalue weighted by molar-refractivity contribution is 0.0948. The summed E-state index contributed by atoms with van der Waals surface area (Å²) in [5.74, 6) is 1.22. The highest BCUT2D eigenvalue weighted by molar-refractivity contribution is 6.00. The molecule has 0 saturated heterocycles. The quantitative estimate of drug-likeness (QED) is 0.903. The molecule has 0 saturated carbocycles. The van der Waals surface area contributed by atoms with Crippen LogP contribution >= 0.6 is 0 Å². The van der Waals surface area contributed by atoms with Crippen LogP contribution in [-0.4, -0.2) is 17.6 Å². The van der Waals surface area contributed by atoms with Gasteiger partial charge in [0.15, 0.2) is 11.5 Å². The van der Waals surface area contributed by atoms with Crippen LogP contribution < -0.4 is 5.32 Å². The Bertz CT molecular complexity index is 526. The molecule has 5 nitrogen and oxygen atoms in total. The van der Waals surface area contributed by atoms with Crippen LogP contribution in [0.4, 0.5) is 0 Å². The Kier molecular flexibility index (Phi) is 3.50. The number of aromatic nitrogens is 1. The first kappa shape index (κ1) is 12.4. The molecule has 0 aliphatic heterocycles. The van der Waals surface area contributed by atoms with E-state index in [9.17, 15) is 4.79 Å². The highest BCUT2D eigenvalue weighted by Crippen LogP contribution is 2.25. The number of furan rings is 1. The third kappa shape index (κ3) is 2.45. The summed E-state index contributed by atoms with van der Waals surface area (Å²) in [5.41, 5.74) is 0.879. The van der Waals surface area contributed by atoms with Gasteiger partial charge in [-0.25, -0.2) is 0 Å². The smallest absolute Gasteiger partial charge is 0.257 e. The number of carbonyl (C=O) groups excluding carboxylic acids is 1. The fraction of sp³-hybridized carbons (Fsp3) is 0.385. The van der Waals surface area contributed by atoms with Gasteiger partial charge in [0.2, 0.25) is 0 Å². The minimum atomic E-state index is -0.186. The van der Waals surface area contributed by atoms with Gasteiger partial charge >= 0.3 is 0 Å². The minimum Gasteiger partial charge on any atom is -0.463 e. The summed E-state index contributed by atoms with van der Waals surface area (Å²) in [7, 11) is 0. The van der Waals surface area contributed by atoms with E-state index in [1.165, 1.54) is 6.26 Å². The van der Waals surface area contributed by atoms with Gasteiger partial charge in [0.1, 0.15) is 11.3 Å². The van der Waals surface area contributed by atoms with Crippen molar-refractivity contribution in [2.24, 2.45) is 5.92 Å². The van der Waals surface area contributed by atoms with Crippen molar-refractivity contribution < 1.29 is 13.7 Å². The Balaban J connectivity index is 2.27. The van der Waals surface area contributed by atoms with E-state index in [-0.39, 0.29) is 5.91 Å². The summed E-state index contributed by atoms with van der Waals surface area (Å²) in [6.45, 7) is 6.40. The first-order valence-electron chi connectivity index (χ1n) is 5.88. The first-order valence-corrected chi connectivity index (χ1v) is 5.88. The molecule has 0 atom stereocenters. The second-order valence-corrected chi connectivity index (χ2v) is 4.54.